The lowest BCUT2D eigenvalue weighted by molar-refractivity contribution is 0.442. The number of rotatable bonds is 3. The molecule has 1 aromatic heterocycles. The fourth-order valence-electron chi connectivity index (χ4n) is 1.79. The van der Waals surface area contributed by atoms with Crippen LogP contribution in [0.2, 0.25) is 0 Å². The standard InChI is InChI=1S/C14H9Br2N3O2S/c15-8-5-7(12(20)11(16)13(8)21)6-17-19-14-18-9-3-1-2-4-10(9)22-14/h1-6,20-21H,(H,18,19)/b17-6-. The lowest BCUT2D eigenvalue weighted by Gasteiger charge is -2.06. The van der Waals surface area contributed by atoms with E-state index in [-0.39, 0.29) is 16.0 Å². The molecule has 0 unspecified atom stereocenters. The number of para-hydroxylation sites is 1. The van der Waals surface area contributed by atoms with E-state index in [0.29, 0.717) is 15.2 Å². The number of hydrogen-bond acceptors (Lipinski definition) is 6. The Morgan fingerprint density at radius 3 is 2.73 bits per heavy atom. The first kappa shape index (κ1) is 15.3. The van der Waals surface area contributed by atoms with Gasteiger partial charge in [0, 0.05) is 5.56 Å². The summed E-state index contributed by atoms with van der Waals surface area (Å²) in [6.07, 6.45) is 1.45. The van der Waals surface area contributed by atoms with Gasteiger partial charge in [0.25, 0.3) is 0 Å². The number of aromatic nitrogens is 1. The molecule has 0 fully saturated rings. The van der Waals surface area contributed by atoms with Gasteiger partial charge in [0.1, 0.15) is 16.0 Å². The summed E-state index contributed by atoms with van der Waals surface area (Å²) < 4.78 is 1.74. The average molecular weight is 443 g/mol. The van der Waals surface area contributed by atoms with Crippen molar-refractivity contribution in [2.45, 2.75) is 0 Å². The molecule has 0 spiro atoms. The number of nitrogens with one attached hydrogen (secondary N) is 1. The topological polar surface area (TPSA) is 77.7 Å². The van der Waals surface area contributed by atoms with Crippen LogP contribution in [0.25, 0.3) is 10.2 Å². The first-order valence-corrected chi connectivity index (χ1v) is 8.51. The van der Waals surface area contributed by atoms with E-state index in [9.17, 15) is 10.2 Å². The third-order valence-electron chi connectivity index (χ3n) is 2.86. The van der Waals surface area contributed by atoms with Crippen LogP contribution in [-0.4, -0.2) is 21.4 Å². The minimum atomic E-state index is -0.0875. The highest BCUT2D eigenvalue weighted by atomic mass is 79.9. The summed E-state index contributed by atoms with van der Waals surface area (Å²) in [5.74, 6) is -0.149. The minimum Gasteiger partial charge on any atom is -0.506 e. The van der Waals surface area contributed by atoms with Crippen LogP contribution in [0, 0.1) is 0 Å². The molecular weight excluding hydrogens is 434 g/mol. The van der Waals surface area contributed by atoms with Crippen molar-refractivity contribution in [2.75, 3.05) is 5.43 Å². The van der Waals surface area contributed by atoms with E-state index in [2.05, 4.69) is 47.4 Å². The van der Waals surface area contributed by atoms with Crippen LogP contribution in [-0.2, 0) is 0 Å². The van der Waals surface area contributed by atoms with Gasteiger partial charge in [-0.05, 0) is 50.1 Å². The molecule has 3 N–H and O–H groups in total. The molecule has 0 saturated carbocycles. The Hall–Kier alpha value is -1.64. The number of hydrogen-bond donors (Lipinski definition) is 3. The van der Waals surface area contributed by atoms with Crippen molar-refractivity contribution < 1.29 is 10.2 Å². The van der Waals surface area contributed by atoms with Gasteiger partial charge in [-0.3, -0.25) is 5.43 Å². The van der Waals surface area contributed by atoms with E-state index < -0.39 is 0 Å². The van der Waals surface area contributed by atoms with Crippen LogP contribution in [0.3, 0.4) is 0 Å². The highest BCUT2D eigenvalue weighted by Gasteiger charge is 2.12. The molecule has 2 aromatic carbocycles. The number of phenolic OH excluding ortho intramolecular Hbond substituents is 2. The molecule has 0 aliphatic heterocycles. The summed E-state index contributed by atoms with van der Waals surface area (Å²) in [4.78, 5) is 4.39. The Labute approximate surface area is 146 Å². The van der Waals surface area contributed by atoms with Gasteiger partial charge in [-0.2, -0.15) is 5.10 Å². The maximum absolute atomic E-state index is 9.95. The van der Waals surface area contributed by atoms with Crippen molar-refractivity contribution in [3.8, 4) is 11.5 Å². The van der Waals surface area contributed by atoms with E-state index in [1.54, 1.807) is 6.07 Å². The predicted octanol–water partition coefficient (Wildman–Crippen LogP) is 4.68. The van der Waals surface area contributed by atoms with Crippen LogP contribution in [0.5, 0.6) is 11.5 Å². The summed E-state index contributed by atoms with van der Waals surface area (Å²) in [6.45, 7) is 0. The highest BCUT2D eigenvalue weighted by Crippen LogP contribution is 2.40. The maximum Gasteiger partial charge on any atom is 0.204 e. The smallest absolute Gasteiger partial charge is 0.204 e. The zero-order valence-electron chi connectivity index (χ0n) is 10.9. The van der Waals surface area contributed by atoms with Crippen LogP contribution in [0.15, 0.2) is 44.4 Å². The number of halogens is 2. The summed E-state index contributed by atoms with van der Waals surface area (Å²) in [6, 6.07) is 9.37. The number of nitrogens with zero attached hydrogens (tertiary/aromatic N) is 2. The van der Waals surface area contributed by atoms with Gasteiger partial charge in [-0.15, -0.1) is 0 Å². The lowest BCUT2D eigenvalue weighted by atomic mass is 10.2. The molecule has 0 bridgehead atoms. The van der Waals surface area contributed by atoms with Gasteiger partial charge in [0.15, 0.2) is 0 Å². The molecule has 0 saturated heterocycles. The van der Waals surface area contributed by atoms with E-state index in [1.165, 1.54) is 17.6 Å². The van der Waals surface area contributed by atoms with Crippen molar-refractivity contribution in [3.63, 3.8) is 0 Å². The van der Waals surface area contributed by atoms with Crippen molar-refractivity contribution >= 4 is 64.8 Å². The summed E-state index contributed by atoms with van der Waals surface area (Å²) in [7, 11) is 0. The molecule has 0 radical (unpaired) electrons. The summed E-state index contributed by atoms with van der Waals surface area (Å²) >= 11 is 7.81. The fourth-order valence-corrected chi connectivity index (χ4v) is 3.76. The molecular formula is C14H9Br2N3O2S. The monoisotopic (exact) mass is 441 g/mol. The molecule has 0 aliphatic carbocycles. The molecule has 8 heteroatoms. The first-order valence-electron chi connectivity index (χ1n) is 6.11. The zero-order chi connectivity index (χ0) is 15.7. The summed E-state index contributed by atoms with van der Waals surface area (Å²) in [5, 5.41) is 24.4. The highest BCUT2D eigenvalue weighted by molar-refractivity contribution is 9.11. The molecule has 112 valence electrons. The van der Waals surface area contributed by atoms with Gasteiger partial charge in [0.05, 0.1) is 20.9 Å². The van der Waals surface area contributed by atoms with Crippen molar-refractivity contribution in [3.05, 3.63) is 44.8 Å². The second-order valence-corrected chi connectivity index (χ2v) is 6.99. The number of thiazole rings is 1. The van der Waals surface area contributed by atoms with Gasteiger partial charge in [-0.1, -0.05) is 23.5 Å². The predicted molar refractivity (Wildman–Crippen MR) is 96.0 cm³/mol. The van der Waals surface area contributed by atoms with Crippen LogP contribution < -0.4 is 5.43 Å². The zero-order valence-corrected chi connectivity index (χ0v) is 14.9. The second-order valence-electron chi connectivity index (χ2n) is 4.32. The summed E-state index contributed by atoms with van der Waals surface area (Å²) in [5.41, 5.74) is 4.19. The van der Waals surface area contributed by atoms with Crippen LogP contribution in [0.4, 0.5) is 5.13 Å². The largest absolute Gasteiger partial charge is 0.506 e. The number of anilines is 1. The Balaban J connectivity index is 1.83. The minimum absolute atomic E-state index is 0.0613. The first-order chi connectivity index (χ1) is 10.6. The molecule has 0 amide bonds. The molecule has 22 heavy (non-hydrogen) atoms. The van der Waals surface area contributed by atoms with Crippen LogP contribution in [0.1, 0.15) is 5.56 Å². The number of phenols is 2. The molecule has 3 rings (SSSR count). The van der Waals surface area contributed by atoms with E-state index in [1.807, 2.05) is 24.3 Å². The van der Waals surface area contributed by atoms with Gasteiger partial charge < -0.3 is 10.2 Å². The van der Waals surface area contributed by atoms with Crippen molar-refractivity contribution in [2.24, 2.45) is 5.10 Å². The number of aromatic hydroxyl groups is 2. The number of hydrazone groups is 1. The SMILES string of the molecule is Oc1c(Br)cc(/C=N\Nc2nc3ccccc3s2)c(O)c1Br. The maximum atomic E-state index is 9.95. The van der Waals surface area contributed by atoms with Crippen LogP contribution >= 0.6 is 43.2 Å². The van der Waals surface area contributed by atoms with Crippen molar-refractivity contribution in [1.82, 2.24) is 4.98 Å². The van der Waals surface area contributed by atoms with Crippen molar-refractivity contribution in [1.29, 1.82) is 0 Å². The molecule has 3 aromatic rings. The Kier molecular flexibility index (Phi) is 4.32. The molecule has 1 heterocycles. The van der Waals surface area contributed by atoms with E-state index in [0.717, 1.165) is 10.2 Å². The third kappa shape index (κ3) is 2.94. The Morgan fingerprint density at radius 1 is 1.18 bits per heavy atom. The Bertz CT molecular complexity index is 847. The molecule has 0 aliphatic rings. The Morgan fingerprint density at radius 2 is 1.95 bits per heavy atom. The second kappa shape index (κ2) is 6.23. The molecule has 5 nitrogen and oxygen atoms in total. The van der Waals surface area contributed by atoms with E-state index >= 15 is 0 Å². The third-order valence-corrected chi connectivity index (χ3v) is 5.15. The fraction of sp³-hybridized carbons (Fsp3) is 0. The lowest BCUT2D eigenvalue weighted by Crippen LogP contribution is -1.91. The molecule has 0 atom stereocenters. The number of fused-ring (bicyclic) bond motifs is 1. The van der Waals surface area contributed by atoms with Gasteiger partial charge in [-0.25, -0.2) is 4.98 Å². The number of benzene rings is 2. The quantitative estimate of drug-likeness (QED) is 0.406. The van der Waals surface area contributed by atoms with Gasteiger partial charge >= 0.3 is 0 Å². The normalized spacial score (nSPS) is 11.4. The van der Waals surface area contributed by atoms with Gasteiger partial charge in [0.2, 0.25) is 5.13 Å². The average Bonchev–Trinajstić information content (AvgIpc) is 2.93. The van der Waals surface area contributed by atoms with E-state index in [4.69, 9.17) is 0 Å².